The summed E-state index contributed by atoms with van der Waals surface area (Å²) < 4.78 is 5.12. The van der Waals surface area contributed by atoms with Gasteiger partial charge in [0.2, 0.25) is 0 Å². The van der Waals surface area contributed by atoms with Crippen LogP contribution in [0.4, 0.5) is 0 Å². The molecule has 0 aliphatic carbocycles. The van der Waals surface area contributed by atoms with E-state index in [1.54, 1.807) is 6.26 Å². The quantitative estimate of drug-likeness (QED) is 0.387. The second-order valence-corrected chi connectivity index (χ2v) is 3.40. The molecular formula is C8H13Cl3O. The average molecular weight is 232 g/mol. The van der Waals surface area contributed by atoms with Gasteiger partial charge in [-0.1, -0.05) is 6.92 Å². The first kappa shape index (κ1) is 12.4. The number of halogens is 3. The van der Waals surface area contributed by atoms with Crippen LogP contribution in [-0.2, 0) is 4.74 Å². The van der Waals surface area contributed by atoms with Crippen LogP contribution >= 0.6 is 34.8 Å². The predicted octanol–water partition coefficient (Wildman–Crippen LogP) is 3.24. The van der Waals surface area contributed by atoms with Crippen molar-refractivity contribution in [3.8, 4) is 0 Å². The van der Waals surface area contributed by atoms with Crippen LogP contribution in [0.1, 0.15) is 6.92 Å². The number of alkyl halides is 3. The molecule has 0 radical (unpaired) electrons. The first-order valence-corrected chi connectivity index (χ1v) is 5.35. The van der Waals surface area contributed by atoms with E-state index in [-0.39, 0.29) is 5.92 Å². The zero-order valence-electron chi connectivity index (χ0n) is 7.03. The van der Waals surface area contributed by atoms with Crippen LogP contribution < -0.4 is 0 Å². The summed E-state index contributed by atoms with van der Waals surface area (Å²) in [7, 11) is 0. The fourth-order valence-corrected chi connectivity index (χ4v) is 1.20. The van der Waals surface area contributed by atoms with Gasteiger partial charge in [-0.15, -0.1) is 34.8 Å². The summed E-state index contributed by atoms with van der Waals surface area (Å²) in [4.78, 5) is 0. The highest BCUT2D eigenvalue weighted by Crippen LogP contribution is 2.13. The third-order valence-corrected chi connectivity index (χ3v) is 2.37. The minimum Gasteiger partial charge on any atom is -0.500 e. The molecule has 72 valence electrons. The first-order valence-electron chi connectivity index (χ1n) is 3.74. The van der Waals surface area contributed by atoms with Crippen LogP contribution in [0.5, 0.6) is 0 Å². The lowest BCUT2D eigenvalue weighted by Gasteiger charge is -2.09. The summed E-state index contributed by atoms with van der Waals surface area (Å²) in [6, 6.07) is 0. The monoisotopic (exact) mass is 230 g/mol. The molecule has 1 nitrogen and oxygen atoms in total. The van der Waals surface area contributed by atoms with Gasteiger partial charge in [0.05, 0.1) is 12.1 Å². The van der Waals surface area contributed by atoms with Crippen molar-refractivity contribution in [3.05, 3.63) is 11.8 Å². The molecule has 0 spiro atoms. The molecule has 0 heterocycles. The standard InChI is InChI=1S/C8H13Cl3O/c1-7(4-10)8(5-11)6-12-3-2-9/h6-7H,2-5H2,1H3. The van der Waals surface area contributed by atoms with E-state index in [9.17, 15) is 0 Å². The molecule has 0 bridgehead atoms. The fourth-order valence-electron chi connectivity index (χ4n) is 0.589. The maximum Gasteiger partial charge on any atom is 0.101 e. The van der Waals surface area contributed by atoms with Gasteiger partial charge in [0.25, 0.3) is 0 Å². The molecule has 12 heavy (non-hydrogen) atoms. The van der Waals surface area contributed by atoms with Crippen molar-refractivity contribution in [1.29, 1.82) is 0 Å². The van der Waals surface area contributed by atoms with Gasteiger partial charge in [-0.3, -0.25) is 0 Å². The molecule has 4 heteroatoms. The van der Waals surface area contributed by atoms with Crippen molar-refractivity contribution in [1.82, 2.24) is 0 Å². The zero-order chi connectivity index (χ0) is 9.40. The largest absolute Gasteiger partial charge is 0.500 e. The first-order chi connectivity index (χ1) is 5.76. The molecule has 1 unspecified atom stereocenters. The van der Waals surface area contributed by atoms with E-state index < -0.39 is 0 Å². The summed E-state index contributed by atoms with van der Waals surface area (Å²) >= 11 is 16.8. The summed E-state index contributed by atoms with van der Waals surface area (Å²) in [5, 5.41) is 0. The Morgan fingerprint density at radius 1 is 1.42 bits per heavy atom. The van der Waals surface area contributed by atoms with Crippen molar-refractivity contribution in [2.75, 3.05) is 24.2 Å². The van der Waals surface area contributed by atoms with Gasteiger partial charge in [-0.05, 0) is 11.5 Å². The Hall–Kier alpha value is 0.410. The lowest BCUT2D eigenvalue weighted by atomic mass is 10.1. The van der Waals surface area contributed by atoms with E-state index in [0.29, 0.717) is 24.2 Å². The number of rotatable bonds is 6. The molecular weight excluding hydrogens is 218 g/mol. The second-order valence-electron chi connectivity index (χ2n) is 2.44. The highest BCUT2D eigenvalue weighted by Gasteiger charge is 2.06. The number of allylic oxidation sites excluding steroid dienone is 1. The molecule has 0 fully saturated rings. The number of hydrogen-bond donors (Lipinski definition) is 0. The van der Waals surface area contributed by atoms with Crippen LogP contribution in [0.2, 0.25) is 0 Å². The molecule has 1 atom stereocenters. The Morgan fingerprint density at radius 2 is 2.08 bits per heavy atom. The minimum absolute atomic E-state index is 0.263. The highest BCUT2D eigenvalue weighted by atomic mass is 35.5. The molecule has 0 rings (SSSR count). The van der Waals surface area contributed by atoms with Gasteiger partial charge < -0.3 is 4.74 Å². The second kappa shape index (κ2) is 8.03. The topological polar surface area (TPSA) is 9.23 Å². The number of hydrogen-bond acceptors (Lipinski definition) is 1. The Morgan fingerprint density at radius 3 is 2.50 bits per heavy atom. The molecule has 0 aliphatic heterocycles. The lowest BCUT2D eigenvalue weighted by Crippen LogP contribution is -2.03. The van der Waals surface area contributed by atoms with E-state index in [2.05, 4.69) is 0 Å². The van der Waals surface area contributed by atoms with Gasteiger partial charge in [-0.25, -0.2) is 0 Å². The Labute approximate surface area is 88.6 Å². The molecule has 0 aromatic heterocycles. The van der Waals surface area contributed by atoms with E-state index in [1.807, 2.05) is 6.92 Å². The van der Waals surface area contributed by atoms with Crippen LogP contribution in [0.25, 0.3) is 0 Å². The molecule has 0 aromatic carbocycles. The van der Waals surface area contributed by atoms with Crippen LogP contribution in [0, 0.1) is 5.92 Å². The SMILES string of the molecule is CC(CCl)C(=COCCCl)CCl. The van der Waals surface area contributed by atoms with E-state index in [4.69, 9.17) is 39.5 Å². The molecule has 0 aliphatic rings. The molecule has 0 saturated heterocycles. The average Bonchev–Trinajstić information content (AvgIpc) is 2.11. The van der Waals surface area contributed by atoms with Gasteiger partial charge in [-0.2, -0.15) is 0 Å². The van der Waals surface area contributed by atoms with Crippen LogP contribution in [0.3, 0.4) is 0 Å². The highest BCUT2D eigenvalue weighted by molar-refractivity contribution is 6.20. The van der Waals surface area contributed by atoms with Crippen LogP contribution in [-0.4, -0.2) is 24.2 Å². The third kappa shape index (κ3) is 5.13. The summed E-state index contributed by atoms with van der Waals surface area (Å²) in [6.07, 6.45) is 1.66. The Kier molecular flexibility index (Phi) is 8.30. The maximum absolute atomic E-state index is 5.68. The van der Waals surface area contributed by atoms with E-state index in [0.717, 1.165) is 5.57 Å². The Balaban J connectivity index is 3.86. The van der Waals surface area contributed by atoms with Crippen molar-refractivity contribution in [3.63, 3.8) is 0 Å². The summed E-state index contributed by atoms with van der Waals surface area (Å²) in [5.74, 6) is 1.76. The normalized spacial score (nSPS) is 14.5. The van der Waals surface area contributed by atoms with E-state index in [1.165, 1.54) is 0 Å². The molecule has 0 saturated carbocycles. The van der Waals surface area contributed by atoms with Crippen molar-refractivity contribution in [2.24, 2.45) is 5.92 Å². The van der Waals surface area contributed by atoms with Gasteiger partial charge >= 0.3 is 0 Å². The third-order valence-electron chi connectivity index (χ3n) is 1.45. The Bertz CT molecular complexity index is 136. The predicted molar refractivity (Wildman–Crippen MR) is 55.4 cm³/mol. The maximum atomic E-state index is 5.68. The van der Waals surface area contributed by atoms with Gasteiger partial charge in [0.15, 0.2) is 0 Å². The van der Waals surface area contributed by atoms with Crippen molar-refractivity contribution in [2.45, 2.75) is 6.92 Å². The van der Waals surface area contributed by atoms with Gasteiger partial charge in [0.1, 0.15) is 6.61 Å². The van der Waals surface area contributed by atoms with Crippen LogP contribution in [0.15, 0.2) is 11.8 Å². The molecule has 0 amide bonds. The number of ether oxygens (including phenoxy) is 1. The summed E-state index contributed by atoms with van der Waals surface area (Å²) in [6.45, 7) is 2.52. The van der Waals surface area contributed by atoms with Crippen molar-refractivity contribution >= 4 is 34.8 Å². The minimum atomic E-state index is 0.263. The van der Waals surface area contributed by atoms with Gasteiger partial charge in [0, 0.05) is 11.8 Å². The lowest BCUT2D eigenvalue weighted by molar-refractivity contribution is 0.266. The molecule has 0 aromatic rings. The zero-order valence-corrected chi connectivity index (χ0v) is 9.29. The fraction of sp³-hybridized carbons (Fsp3) is 0.750. The van der Waals surface area contributed by atoms with Crippen molar-refractivity contribution < 1.29 is 4.74 Å². The summed E-state index contributed by atoms with van der Waals surface area (Å²) in [5.41, 5.74) is 1.01. The smallest absolute Gasteiger partial charge is 0.101 e. The van der Waals surface area contributed by atoms with E-state index >= 15 is 0 Å². The molecule has 0 N–H and O–H groups in total.